The molecule has 1 amide bonds. The molecule has 0 saturated carbocycles. The lowest BCUT2D eigenvalue weighted by Crippen LogP contribution is -2.14. The molecule has 0 saturated heterocycles. The van der Waals surface area contributed by atoms with Gasteiger partial charge in [0.15, 0.2) is 0 Å². The molecule has 1 N–H and O–H groups in total. The van der Waals surface area contributed by atoms with E-state index in [1.165, 1.54) is 36.1 Å². The van der Waals surface area contributed by atoms with Crippen LogP contribution in [-0.4, -0.2) is 12.5 Å². The van der Waals surface area contributed by atoms with Gasteiger partial charge in [0.1, 0.15) is 5.75 Å². The molecule has 1 aromatic carbocycles. The standard InChI is InChI=1S/C20H21NO2S2/c1-2-23-14-9-7-13(8-10-14)21-20(22)19-11-18-16(12-24-19)15-5-3-4-6-17(15)25-18/h7-11H,2-6,12H2,1H3,(H,21,22). The molecule has 1 aliphatic carbocycles. The van der Waals surface area contributed by atoms with Crippen molar-refractivity contribution < 1.29 is 9.53 Å². The van der Waals surface area contributed by atoms with E-state index in [1.807, 2.05) is 42.5 Å². The minimum Gasteiger partial charge on any atom is -0.494 e. The Kier molecular flexibility index (Phi) is 4.86. The first-order chi connectivity index (χ1) is 12.2. The van der Waals surface area contributed by atoms with Crippen molar-refractivity contribution in [1.29, 1.82) is 0 Å². The van der Waals surface area contributed by atoms with Crippen molar-refractivity contribution in [2.75, 3.05) is 11.9 Å². The van der Waals surface area contributed by atoms with Gasteiger partial charge in [-0.05, 0) is 74.1 Å². The number of carbonyl (C=O) groups excluding carboxylic acids is 1. The van der Waals surface area contributed by atoms with E-state index in [-0.39, 0.29) is 5.91 Å². The number of ether oxygens (including phenoxy) is 1. The zero-order valence-electron chi connectivity index (χ0n) is 14.3. The van der Waals surface area contributed by atoms with Gasteiger partial charge in [-0.15, -0.1) is 23.1 Å². The third-order valence-electron chi connectivity index (χ3n) is 4.59. The quantitative estimate of drug-likeness (QED) is 0.797. The number of hydrogen-bond donors (Lipinski definition) is 1. The average Bonchev–Trinajstić information content (AvgIpc) is 3.01. The van der Waals surface area contributed by atoms with Crippen molar-refractivity contribution in [3.05, 3.63) is 50.1 Å². The Balaban J connectivity index is 1.50. The summed E-state index contributed by atoms with van der Waals surface area (Å²) in [4.78, 5) is 16.2. The van der Waals surface area contributed by atoms with Crippen LogP contribution in [0.1, 0.15) is 40.6 Å². The maximum atomic E-state index is 12.6. The highest BCUT2D eigenvalue weighted by molar-refractivity contribution is 8.03. The normalized spacial score (nSPS) is 15.8. The zero-order valence-corrected chi connectivity index (χ0v) is 15.9. The van der Waals surface area contributed by atoms with Crippen LogP contribution in [0.5, 0.6) is 5.75 Å². The molecule has 0 unspecified atom stereocenters. The summed E-state index contributed by atoms with van der Waals surface area (Å²) in [6.45, 7) is 2.60. The first-order valence-corrected chi connectivity index (χ1v) is 10.6. The van der Waals surface area contributed by atoms with Crippen molar-refractivity contribution in [2.45, 2.75) is 38.4 Å². The highest BCUT2D eigenvalue weighted by Crippen LogP contribution is 2.42. The van der Waals surface area contributed by atoms with Crippen LogP contribution < -0.4 is 10.1 Å². The lowest BCUT2D eigenvalue weighted by atomic mass is 9.95. The number of carbonyl (C=O) groups is 1. The van der Waals surface area contributed by atoms with Crippen LogP contribution in [0.4, 0.5) is 5.69 Å². The molecule has 0 radical (unpaired) electrons. The Bertz CT molecular complexity index is 821. The number of anilines is 1. The SMILES string of the molecule is CCOc1ccc(NC(=O)C2=Cc3sc4c(c3CS2)CCCC4)cc1. The summed E-state index contributed by atoms with van der Waals surface area (Å²) in [7, 11) is 0. The second-order valence-corrected chi connectivity index (χ2v) is 8.42. The number of amides is 1. The highest BCUT2D eigenvalue weighted by atomic mass is 32.2. The second kappa shape index (κ2) is 7.26. The topological polar surface area (TPSA) is 38.3 Å². The van der Waals surface area contributed by atoms with E-state index in [0.29, 0.717) is 6.61 Å². The Morgan fingerprint density at radius 1 is 1.16 bits per heavy atom. The van der Waals surface area contributed by atoms with Crippen molar-refractivity contribution in [2.24, 2.45) is 0 Å². The van der Waals surface area contributed by atoms with E-state index >= 15 is 0 Å². The number of fused-ring (bicyclic) bond motifs is 3. The van der Waals surface area contributed by atoms with E-state index in [0.717, 1.165) is 22.1 Å². The minimum absolute atomic E-state index is 0.0221. The number of aryl methyl sites for hydroxylation is 1. The smallest absolute Gasteiger partial charge is 0.262 e. The summed E-state index contributed by atoms with van der Waals surface area (Å²) in [5.74, 6) is 1.72. The third-order valence-corrected chi connectivity index (χ3v) is 6.92. The fourth-order valence-corrected chi connectivity index (χ4v) is 5.90. The van der Waals surface area contributed by atoms with E-state index in [1.54, 1.807) is 22.2 Å². The third kappa shape index (κ3) is 3.48. The Morgan fingerprint density at radius 2 is 1.96 bits per heavy atom. The lowest BCUT2D eigenvalue weighted by Gasteiger charge is -2.16. The van der Waals surface area contributed by atoms with E-state index in [4.69, 9.17) is 4.74 Å². The molecule has 1 aromatic heterocycles. The fraction of sp³-hybridized carbons (Fsp3) is 0.350. The Morgan fingerprint density at radius 3 is 2.76 bits per heavy atom. The van der Waals surface area contributed by atoms with Gasteiger partial charge in [0.25, 0.3) is 5.91 Å². The Hall–Kier alpha value is -1.72. The predicted octanol–water partition coefficient (Wildman–Crippen LogP) is 5.25. The van der Waals surface area contributed by atoms with Gasteiger partial charge in [-0.25, -0.2) is 0 Å². The maximum absolute atomic E-state index is 12.6. The molecule has 25 heavy (non-hydrogen) atoms. The number of benzene rings is 1. The molecule has 0 atom stereocenters. The van der Waals surface area contributed by atoms with Crippen molar-refractivity contribution in [1.82, 2.24) is 0 Å². The van der Waals surface area contributed by atoms with Crippen LogP contribution in [0.3, 0.4) is 0 Å². The molecule has 0 spiro atoms. The number of thiophene rings is 1. The largest absolute Gasteiger partial charge is 0.494 e. The fourth-order valence-electron chi connectivity index (χ4n) is 3.36. The first kappa shape index (κ1) is 16.7. The number of nitrogens with one attached hydrogen (secondary N) is 1. The molecule has 3 nitrogen and oxygen atoms in total. The summed E-state index contributed by atoms with van der Waals surface area (Å²) in [6.07, 6.45) is 7.10. The molecule has 4 rings (SSSR count). The van der Waals surface area contributed by atoms with Gasteiger partial charge in [-0.2, -0.15) is 0 Å². The molecular weight excluding hydrogens is 350 g/mol. The average molecular weight is 372 g/mol. The van der Waals surface area contributed by atoms with E-state index < -0.39 is 0 Å². The summed E-state index contributed by atoms with van der Waals surface area (Å²) in [6, 6.07) is 7.53. The predicted molar refractivity (Wildman–Crippen MR) is 106 cm³/mol. The summed E-state index contributed by atoms with van der Waals surface area (Å²) < 4.78 is 5.43. The zero-order chi connectivity index (χ0) is 17.2. The van der Waals surface area contributed by atoms with Crippen molar-refractivity contribution in [3.63, 3.8) is 0 Å². The molecule has 2 aliphatic rings. The molecule has 130 valence electrons. The Labute approximate surface area is 156 Å². The first-order valence-electron chi connectivity index (χ1n) is 8.76. The van der Waals surface area contributed by atoms with Crippen LogP contribution in [0, 0.1) is 0 Å². The van der Waals surface area contributed by atoms with Crippen LogP contribution in [0.25, 0.3) is 6.08 Å². The second-order valence-electron chi connectivity index (χ2n) is 6.26. The minimum atomic E-state index is -0.0221. The summed E-state index contributed by atoms with van der Waals surface area (Å²) in [5, 5.41) is 2.99. The molecule has 2 heterocycles. The molecule has 1 aliphatic heterocycles. The molecule has 2 aromatic rings. The van der Waals surface area contributed by atoms with Crippen LogP contribution in [0.15, 0.2) is 29.2 Å². The van der Waals surface area contributed by atoms with Gasteiger partial charge < -0.3 is 10.1 Å². The summed E-state index contributed by atoms with van der Waals surface area (Å²) >= 11 is 3.54. The van der Waals surface area contributed by atoms with Gasteiger partial charge in [-0.1, -0.05) is 0 Å². The molecular formula is C20H21NO2S2. The van der Waals surface area contributed by atoms with Gasteiger partial charge in [0.05, 0.1) is 11.5 Å². The molecule has 5 heteroatoms. The van der Waals surface area contributed by atoms with Gasteiger partial charge >= 0.3 is 0 Å². The lowest BCUT2D eigenvalue weighted by molar-refractivity contribution is -0.112. The molecule has 0 fully saturated rings. The number of rotatable bonds is 4. The van der Waals surface area contributed by atoms with Crippen molar-refractivity contribution in [3.8, 4) is 5.75 Å². The monoisotopic (exact) mass is 371 g/mol. The van der Waals surface area contributed by atoms with Crippen LogP contribution in [-0.2, 0) is 23.4 Å². The van der Waals surface area contributed by atoms with E-state index in [9.17, 15) is 4.79 Å². The number of thioether (sulfide) groups is 1. The van der Waals surface area contributed by atoms with Gasteiger partial charge in [0.2, 0.25) is 0 Å². The highest BCUT2D eigenvalue weighted by Gasteiger charge is 2.25. The van der Waals surface area contributed by atoms with Crippen LogP contribution >= 0.6 is 23.1 Å². The van der Waals surface area contributed by atoms with Gasteiger partial charge in [0, 0.05) is 21.2 Å². The molecule has 0 bridgehead atoms. The number of hydrogen-bond acceptors (Lipinski definition) is 4. The van der Waals surface area contributed by atoms with E-state index in [2.05, 4.69) is 11.4 Å². The van der Waals surface area contributed by atoms with Crippen LogP contribution in [0.2, 0.25) is 0 Å². The maximum Gasteiger partial charge on any atom is 0.262 e. The van der Waals surface area contributed by atoms with Crippen molar-refractivity contribution >= 4 is 40.8 Å². The van der Waals surface area contributed by atoms with Gasteiger partial charge in [-0.3, -0.25) is 4.79 Å². The summed E-state index contributed by atoms with van der Waals surface area (Å²) in [5.41, 5.74) is 3.84.